The van der Waals surface area contributed by atoms with Gasteiger partial charge in [0, 0.05) is 5.56 Å². The van der Waals surface area contributed by atoms with E-state index in [0.29, 0.717) is 0 Å². The van der Waals surface area contributed by atoms with Gasteiger partial charge in [-0.3, -0.25) is 0 Å². The lowest BCUT2D eigenvalue weighted by Crippen LogP contribution is -2.00. The smallest absolute Gasteiger partial charge is 0.335 e. The van der Waals surface area contributed by atoms with E-state index in [1.165, 1.54) is 0 Å². The van der Waals surface area contributed by atoms with Crippen LogP contribution in [-0.4, -0.2) is 11.1 Å². The van der Waals surface area contributed by atoms with Gasteiger partial charge in [0.2, 0.25) is 0 Å². The number of benzene rings is 1. The van der Waals surface area contributed by atoms with Crippen molar-refractivity contribution in [2.24, 2.45) is 0 Å². The van der Waals surface area contributed by atoms with E-state index in [0.717, 1.165) is 0 Å². The van der Waals surface area contributed by atoms with Crippen LogP contribution in [0.1, 0.15) is 5.56 Å². The molecular weight excluding hydrogens is 317 g/mol. The van der Waals surface area contributed by atoms with Crippen molar-refractivity contribution in [2.75, 3.05) is 0 Å². The van der Waals surface area contributed by atoms with Crippen LogP contribution in [0.15, 0.2) is 6.58 Å². The molecule has 0 aliphatic heterocycles. The summed E-state index contributed by atoms with van der Waals surface area (Å²) < 4.78 is 0. The molecule has 1 aromatic rings. The summed E-state index contributed by atoms with van der Waals surface area (Å²) in [4.78, 5) is 10.8. The van der Waals surface area contributed by atoms with E-state index >= 15 is 0 Å². The molecule has 16 heavy (non-hydrogen) atoms. The van der Waals surface area contributed by atoms with Crippen LogP contribution in [0.2, 0.25) is 25.1 Å². The monoisotopic (exact) mass is 318 g/mol. The summed E-state index contributed by atoms with van der Waals surface area (Å²) in [5, 5.41) is 8.47. The Morgan fingerprint density at radius 3 is 1.50 bits per heavy atom. The second-order valence-electron chi connectivity index (χ2n) is 2.73. The molecule has 0 saturated carbocycles. The van der Waals surface area contributed by atoms with Gasteiger partial charge in [-0.1, -0.05) is 64.6 Å². The van der Waals surface area contributed by atoms with Crippen LogP contribution in [0.4, 0.5) is 0 Å². The van der Waals surface area contributed by atoms with Gasteiger partial charge in [0.05, 0.1) is 30.7 Å². The largest absolute Gasteiger partial charge is 0.478 e. The minimum Gasteiger partial charge on any atom is -0.478 e. The fourth-order valence-corrected chi connectivity index (χ4v) is 2.34. The fraction of sp³-hybridized carbons (Fsp3) is 0. The summed E-state index contributed by atoms with van der Waals surface area (Å²) in [5.74, 6) is -1.28. The molecule has 0 unspecified atom stereocenters. The Balaban J connectivity index is 3.64. The predicted molar refractivity (Wildman–Crippen MR) is 68.2 cm³/mol. The maximum absolute atomic E-state index is 10.8. The zero-order valence-corrected chi connectivity index (χ0v) is 11.2. The van der Waals surface area contributed by atoms with E-state index in [1.54, 1.807) is 0 Å². The summed E-state index contributed by atoms with van der Waals surface area (Å²) >= 11 is 28.9. The molecule has 0 aliphatic rings. The molecule has 86 valence electrons. The highest BCUT2D eigenvalue weighted by atomic mass is 35.5. The van der Waals surface area contributed by atoms with Gasteiger partial charge in [0.25, 0.3) is 0 Å². The molecule has 1 aromatic carbocycles. The van der Waals surface area contributed by atoms with Gasteiger partial charge in [0.15, 0.2) is 0 Å². The number of hydrogen-bond donors (Lipinski definition) is 1. The highest BCUT2D eigenvalue weighted by Crippen LogP contribution is 2.45. The lowest BCUT2D eigenvalue weighted by Gasteiger charge is -2.11. The van der Waals surface area contributed by atoms with Gasteiger partial charge >= 0.3 is 5.97 Å². The van der Waals surface area contributed by atoms with E-state index < -0.39 is 5.97 Å². The topological polar surface area (TPSA) is 37.3 Å². The van der Waals surface area contributed by atoms with Gasteiger partial charge in [-0.05, 0) is 0 Å². The summed E-state index contributed by atoms with van der Waals surface area (Å²) in [7, 11) is 0. The van der Waals surface area contributed by atoms with Crippen LogP contribution in [-0.2, 0) is 4.79 Å². The van der Waals surface area contributed by atoms with Crippen LogP contribution in [0, 0.1) is 0 Å². The molecule has 0 heterocycles. The molecule has 0 radical (unpaired) electrons. The van der Waals surface area contributed by atoms with Crippen molar-refractivity contribution in [3.63, 3.8) is 0 Å². The molecule has 0 atom stereocenters. The Morgan fingerprint density at radius 1 is 0.875 bits per heavy atom. The highest BCUT2D eigenvalue weighted by Gasteiger charge is 2.23. The summed E-state index contributed by atoms with van der Waals surface area (Å²) in [6.45, 7) is 3.33. The maximum Gasteiger partial charge on any atom is 0.335 e. The lowest BCUT2D eigenvalue weighted by atomic mass is 10.1. The van der Waals surface area contributed by atoms with Crippen LogP contribution in [0.25, 0.3) is 5.57 Å². The zero-order chi connectivity index (χ0) is 12.6. The number of rotatable bonds is 2. The summed E-state index contributed by atoms with van der Waals surface area (Å²) in [6.07, 6.45) is 0. The molecule has 1 N–H and O–H groups in total. The van der Waals surface area contributed by atoms with Gasteiger partial charge in [-0.15, -0.1) is 0 Å². The molecule has 0 aliphatic carbocycles. The van der Waals surface area contributed by atoms with E-state index in [9.17, 15) is 4.79 Å². The Hall–Kier alpha value is -0.120. The molecule has 0 spiro atoms. The molecule has 1 rings (SSSR count). The number of carbonyl (C=O) groups is 1. The maximum atomic E-state index is 10.8. The fourth-order valence-electron chi connectivity index (χ4n) is 0.977. The summed E-state index contributed by atoms with van der Waals surface area (Å²) in [6, 6.07) is 0. The second kappa shape index (κ2) is 5.03. The molecule has 7 heteroatoms. The van der Waals surface area contributed by atoms with E-state index in [1.807, 2.05) is 0 Å². The standard InChI is InChI=1S/C9H3Cl5O2/c1-2(9(15)16)3-4(10)6(12)8(14)7(13)5(3)11/h1H2,(H,15,16). The molecule has 2 nitrogen and oxygen atoms in total. The minimum atomic E-state index is -1.28. The Labute approximate surface area is 116 Å². The number of halogens is 5. The van der Waals surface area contributed by atoms with Crippen LogP contribution < -0.4 is 0 Å². The van der Waals surface area contributed by atoms with Crippen LogP contribution in [0.3, 0.4) is 0 Å². The van der Waals surface area contributed by atoms with Crippen molar-refractivity contribution in [3.05, 3.63) is 37.3 Å². The Kier molecular flexibility index (Phi) is 4.38. The molecule has 0 fully saturated rings. The quantitative estimate of drug-likeness (QED) is 0.470. The number of carboxylic acids is 1. The van der Waals surface area contributed by atoms with Gasteiger partial charge in [0.1, 0.15) is 0 Å². The molecule has 0 bridgehead atoms. The zero-order valence-electron chi connectivity index (χ0n) is 7.45. The normalized spacial score (nSPS) is 10.3. The molecule has 0 aromatic heterocycles. The van der Waals surface area contributed by atoms with E-state index in [4.69, 9.17) is 63.1 Å². The minimum absolute atomic E-state index is 0.0275. The SMILES string of the molecule is C=C(C(=O)O)c1c(Cl)c(Cl)c(Cl)c(Cl)c1Cl. The van der Waals surface area contributed by atoms with Gasteiger partial charge < -0.3 is 5.11 Å². The third-order valence-corrected chi connectivity index (χ3v) is 4.05. The van der Waals surface area contributed by atoms with Gasteiger partial charge in [-0.2, -0.15) is 0 Å². The van der Waals surface area contributed by atoms with E-state index in [2.05, 4.69) is 6.58 Å². The van der Waals surface area contributed by atoms with Gasteiger partial charge in [-0.25, -0.2) is 4.79 Å². The average molecular weight is 320 g/mol. The van der Waals surface area contributed by atoms with Crippen molar-refractivity contribution in [1.82, 2.24) is 0 Å². The number of carboxylic acid groups (broad SMARTS) is 1. The number of hydrogen-bond acceptors (Lipinski definition) is 1. The summed E-state index contributed by atoms with van der Waals surface area (Å²) in [5.41, 5.74) is -0.342. The molecular formula is C9H3Cl5O2. The first kappa shape index (κ1) is 13.9. The van der Waals surface area contributed by atoms with Crippen molar-refractivity contribution in [2.45, 2.75) is 0 Å². The first-order valence-electron chi connectivity index (χ1n) is 3.73. The Morgan fingerprint density at radius 2 is 1.19 bits per heavy atom. The average Bonchev–Trinajstić information content (AvgIpc) is 2.23. The van der Waals surface area contributed by atoms with Crippen LogP contribution in [0.5, 0.6) is 0 Å². The molecule has 0 amide bonds. The number of aliphatic carboxylic acids is 1. The third-order valence-electron chi connectivity index (χ3n) is 1.77. The highest BCUT2D eigenvalue weighted by molar-refractivity contribution is 6.56. The lowest BCUT2D eigenvalue weighted by molar-refractivity contribution is -0.130. The van der Waals surface area contributed by atoms with Crippen molar-refractivity contribution >= 4 is 69.5 Å². The Bertz CT molecular complexity index is 466. The second-order valence-corrected chi connectivity index (χ2v) is 4.62. The van der Waals surface area contributed by atoms with Crippen molar-refractivity contribution in [1.29, 1.82) is 0 Å². The van der Waals surface area contributed by atoms with Crippen molar-refractivity contribution < 1.29 is 9.90 Å². The van der Waals surface area contributed by atoms with Crippen LogP contribution >= 0.6 is 58.0 Å². The third kappa shape index (κ3) is 2.27. The van der Waals surface area contributed by atoms with E-state index in [-0.39, 0.29) is 36.2 Å². The first-order valence-corrected chi connectivity index (χ1v) is 5.62. The predicted octanol–water partition coefficient (Wildman–Crippen LogP) is 5.05. The molecule has 0 saturated heterocycles. The first-order chi connectivity index (χ1) is 7.29. The van der Waals surface area contributed by atoms with Crippen molar-refractivity contribution in [3.8, 4) is 0 Å².